The number of urea groups is 1. The Bertz CT molecular complexity index is 298. The van der Waals surface area contributed by atoms with Gasteiger partial charge >= 0.3 is 6.03 Å². The number of anilines is 1. The number of benzene rings is 1. The third kappa shape index (κ3) is 2.74. The van der Waals surface area contributed by atoms with Gasteiger partial charge in [-0.3, -0.25) is 4.84 Å². The minimum Gasteiger partial charge on any atom is -0.262 e. The van der Waals surface area contributed by atoms with E-state index in [1.165, 1.54) is 0 Å². The average Bonchev–Trinajstić information content (AvgIpc) is 2.15. The van der Waals surface area contributed by atoms with Crippen molar-refractivity contribution in [3.8, 4) is 0 Å². The molecule has 1 radical (unpaired) electrons. The first-order valence-electron chi connectivity index (χ1n) is 4.38. The van der Waals surface area contributed by atoms with Crippen LogP contribution in [0.1, 0.15) is 13.8 Å². The van der Waals surface area contributed by atoms with E-state index in [1.54, 1.807) is 38.1 Å². The molecule has 0 aliphatic heterocycles. The van der Waals surface area contributed by atoms with Gasteiger partial charge in [-0.05, 0) is 26.0 Å². The van der Waals surface area contributed by atoms with Crippen molar-refractivity contribution in [1.82, 2.24) is 5.73 Å². The topological polar surface area (TPSA) is 53.3 Å². The second-order valence-electron chi connectivity index (χ2n) is 3.09. The summed E-state index contributed by atoms with van der Waals surface area (Å²) in [5, 5.41) is 0.977. The first kappa shape index (κ1) is 10.5. The summed E-state index contributed by atoms with van der Waals surface area (Å²) < 4.78 is 0. The zero-order valence-electron chi connectivity index (χ0n) is 8.23. The van der Waals surface area contributed by atoms with Crippen LogP contribution in [-0.4, -0.2) is 12.1 Å². The number of hydrogen-bond donors (Lipinski definition) is 0. The largest absolute Gasteiger partial charge is 0.364 e. The fourth-order valence-electron chi connectivity index (χ4n) is 1.00. The van der Waals surface area contributed by atoms with Gasteiger partial charge in [0.05, 0.1) is 11.8 Å². The molecule has 2 amide bonds. The zero-order valence-corrected chi connectivity index (χ0v) is 8.23. The fourth-order valence-corrected chi connectivity index (χ4v) is 1.00. The van der Waals surface area contributed by atoms with Gasteiger partial charge < -0.3 is 0 Å². The number of hydroxylamine groups is 1. The molecule has 4 nitrogen and oxygen atoms in total. The lowest BCUT2D eigenvalue weighted by Crippen LogP contribution is -2.33. The SMILES string of the molecule is CC(C)ON(C([NH])=O)c1ccccc1. The van der Waals surface area contributed by atoms with E-state index in [2.05, 4.69) is 0 Å². The van der Waals surface area contributed by atoms with Gasteiger partial charge in [-0.15, -0.1) is 0 Å². The van der Waals surface area contributed by atoms with Crippen molar-refractivity contribution >= 4 is 11.7 Å². The number of carbonyl (C=O) groups excluding carboxylic acids is 1. The standard InChI is InChI=1S/C10H13N2O2/c1-8(2)14-12(10(11)13)9-6-4-3-5-7-9/h3-8,11H,1-2H3. The maximum Gasteiger partial charge on any atom is 0.364 e. The number of carbonyl (C=O) groups is 1. The number of rotatable bonds is 3. The molecule has 1 rings (SSSR count). The van der Waals surface area contributed by atoms with E-state index in [4.69, 9.17) is 10.6 Å². The van der Waals surface area contributed by atoms with Gasteiger partial charge in [0, 0.05) is 0 Å². The van der Waals surface area contributed by atoms with E-state index in [9.17, 15) is 4.79 Å². The van der Waals surface area contributed by atoms with Crippen LogP contribution in [0.3, 0.4) is 0 Å². The Labute approximate surface area is 83.2 Å². The van der Waals surface area contributed by atoms with E-state index in [-0.39, 0.29) is 6.10 Å². The van der Waals surface area contributed by atoms with Crippen LogP contribution in [0, 0.1) is 0 Å². The van der Waals surface area contributed by atoms with Gasteiger partial charge in [0.15, 0.2) is 0 Å². The third-order valence-electron chi connectivity index (χ3n) is 1.49. The Balaban J connectivity index is 2.84. The average molecular weight is 193 g/mol. The highest BCUT2D eigenvalue weighted by atomic mass is 16.7. The van der Waals surface area contributed by atoms with Crippen molar-refractivity contribution in [3.05, 3.63) is 30.3 Å². The summed E-state index contributed by atoms with van der Waals surface area (Å²) in [4.78, 5) is 16.1. The number of para-hydroxylation sites is 1. The molecule has 0 atom stereocenters. The summed E-state index contributed by atoms with van der Waals surface area (Å²) in [6.07, 6.45) is -0.135. The molecule has 0 spiro atoms. The van der Waals surface area contributed by atoms with E-state index < -0.39 is 6.03 Å². The smallest absolute Gasteiger partial charge is 0.262 e. The quantitative estimate of drug-likeness (QED) is 0.691. The molecule has 1 N–H and O–H groups in total. The Morgan fingerprint density at radius 1 is 1.36 bits per heavy atom. The summed E-state index contributed by atoms with van der Waals surface area (Å²) >= 11 is 0. The second kappa shape index (κ2) is 4.62. The van der Waals surface area contributed by atoms with Crippen LogP contribution in [0.5, 0.6) is 0 Å². The molecule has 0 saturated carbocycles. The van der Waals surface area contributed by atoms with Crippen LogP contribution in [0.4, 0.5) is 10.5 Å². The molecule has 1 aromatic rings. The Morgan fingerprint density at radius 3 is 2.36 bits per heavy atom. The molecule has 0 fully saturated rings. The van der Waals surface area contributed by atoms with Gasteiger partial charge in [-0.2, -0.15) is 5.06 Å². The van der Waals surface area contributed by atoms with E-state index in [0.717, 1.165) is 5.06 Å². The van der Waals surface area contributed by atoms with Gasteiger partial charge in [0.2, 0.25) is 0 Å². The summed E-state index contributed by atoms with van der Waals surface area (Å²) in [6.45, 7) is 3.61. The normalized spacial score (nSPS) is 10.2. The first-order valence-corrected chi connectivity index (χ1v) is 4.38. The molecule has 4 heteroatoms. The Morgan fingerprint density at radius 2 is 1.93 bits per heavy atom. The maximum absolute atomic E-state index is 10.9. The van der Waals surface area contributed by atoms with Gasteiger partial charge in [-0.25, -0.2) is 10.5 Å². The van der Waals surface area contributed by atoms with Crippen LogP contribution < -0.4 is 10.8 Å². The van der Waals surface area contributed by atoms with E-state index >= 15 is 0 Å². The molecule has 0 saturated heterocycles. The number of nitrogens with one attached hydrogen (secondary N) is 1. The molecule has 0 aliphatic rings. The molecule has 0 bridgehead atoms. The maximum atomic E-state index is 10.9. The fraction of sp³-hybridized carbons (Fsp3) is 0.300. The van der Waals surface area contributed by atoms with Crippen LogP contribution in [-0.2, 0) is 4.84 Å². The van der Waals surface area contributed by atoms with E-state index in [1.807, 2.05) is 6.07 Å². The van der Waals surface area contributed by atoms with Crippen LogP contribution in [0.2, 0.25) is 0 Å². The molecular weight excluding hydrogens is 180 g/mol. The van der Waals surface area contributed by atoms with Crippen LogP contribution in [0.25, 0.3) is 0 Å². The number of amides is 2. The zero-order chi connectivity index (χ0) is 10.6. The molecule has 75 valence electrons. The van der Waals surface area contributed by atoms with Gasteiger partial charge in [0.1, 0.15) is 0 Å². The van der Waals surface area contributed by atoms with Crippen molar-refractivity contribution in [2.24, 2.45) is 0 Å². The van der Waals surface area contributed by atoms with E-state index in [0.29, 0.717) is 5.69 Å². The molecule has 14 heavy (non-hydrogen) atoms. The first-order chi connectivity index (χ1) is 6.61. The highest BCUT2D eigenvalue weighted by Gasteiger charge is 2.14. The van der Waals surface area contributed by atoms with Crippen molar-refractivity contribution in [3.63, 3.8) is 0 Å². The molecule has 0 aliphatic carbocycles. The predicted molar refractivity (Wildman–Crippen MR) is 53.6 cm³/mol. The molecule has 1 aromatic carbocycles. The molecule has 0 unspecified atom stereocenters. The summed E-state index contributed by atoms with van der Waals surface area (Å²) in [5.41, 5.74) is 7.60. The summed E-state index contributed by atoms with van der Waals surface area (Å²) in [6, 6.07) is 7.98. The summed E-state index contributed by atoms with van der Waals surface area (Å²) in [5.74, 6) is 0. The van der Waals surface area contributed by atoms with Crippen molar-refractivity contribution < 1.29 is 9.63 Å². The monoisotopic (exact) mass is 193 g/mol. The Kier molecular flexibility index (Phi) is 3.48. The number of nitrogens with zero attached hydrogens (tertiary/aromatic N) is 1. The molecular formula is C10H13N2O2. The second-order valence-corrected chi connectivity index (χ2v) is 3.09. The van der Waals surface area contributed by atoms with Crippen molar-refractivity contribution in [2.45, 2.75) is 20.0 Å². The van der Waals surface area contributed by atoms with Crippen molar-refractivity contribution in [1.29, 1.82) is 0 Å². The lowest BCUT2D eigenvalue weighted by molar-refractivity contribution is 0.0706. The molecule has 0 heterocycles. The highest BCUT2D eigenvalue weighted by Crippen LogP contribution is 2.14. The van der Waals surface area contributed by atoms with Gasteiger partial charge in [-0.1, -0.05) is 18.2 Å². The van der Waals surface area contributed by atoms with Crippen LogP contribution in [0.15, 0.2) is 30.3 Å². The lowest BCUT2D eigenvalue weighted by Gasteiger charge is -2.21. The third-order valence-corrected chi connectivity index (χ3v) is 1.49. The van der Waals surface area contributed by atoms with Crippen molar-refractivity contribution in [2.75, 3.05) is 5.06 Å². The highest BCUT2D eigenvalue weighted by molar-refractivity contribution is 5.87. The Hall–Kier alpha value is -1.55. The van der Waals surface area contributed by atoms with Gasteiger partial charge in [0.25, 0.3) is 0 Å². The predicted octanol–water partition coefficient (Wildman–Crippen LogP) is 2.24. The van der Waals surface area contributed by atoms with Crippen LogP contribution >= 0.6 is 0 Å². The number of hydrogen-bond acceptors (Lipinski definition) is 2. The summed E-state index contributed by atoms with van der Waals surface area (Å²) in [7, 11) is 0. The minimum atomic E-state index is -0.870. The molecule has 0 aromatic heterocycles. The lowest BCUT2D eigenvalue weighted by atomic mass is 10.3. The minimum absolute atomic E-state index is 0.135.